The molecule has 0 saturated heterocycles. The Morgan fingerprint density at radius 3 is 2.67 bits per heavy atom. The van der Waals surface area contributed by atoms with Gasteiger partial charge in [0.2, 0.25) is 5.78 Å². The number of para-hydroxylation sites is 1. The van der Waals surface area contributed by atoms with Crippen molar-refractivity contribution in [2.24, 2.45) is 0 Å². The van der Waals surface area contributed by atoms with Crippen molar-refractivity contribution in [1.29, 1.82) is 5.26 Å². The second-order valence-corrected chi connectivity index (χ2v) is 7.01. The molecule has 3 aromatic rings. The molecule has 0 aliphatic carbocycles. The number of allylic oxidation sites excluding steroid dienone is 1. The van der Waals surface area contributed by atoms with Crippen LogP contribution in [0.1, 0.15) is 48.3 Å². The Kier molecular flexibility index (Phi) is 6.92. The van der Waals surface area contributed by atoms with Gasteiger partial charge in [-0.1, -0.05) is 37.6 Å². The van der Waals surface area contributed by atoms with Crippen molar-refractivity contribution in [3.05, 3.63) is 64.9 Å². The molecule has 0 aliphatic rings. The third-order valence-corrected chi connectivity index (χ3v) is 4.82. The Morgan fingerprint density at radius 1 is 1.13 bits per heavy atom. The summed E-state index contributed by atoms with van der Waals surface area (Å²) in [5.74, 6) is 0.976. The van der Waals surface area contributed by atoms with E-state index in [-0.39, 0.29) is 11.4 Å². The quantitative estimate of drug-likeness (QED) is 0.211. The average Bonchev–Trinajstić information content (AvgIpc) is 3.09. The first-order chi connectivity index (χ1) is 14.6. The normalized spacial score (nSPS) is 11.3. The molecule has 3 rings (SSSR count). The van der Waals surface area contributed by atoms with Gasteiger partial charge in [-0.15, -0.1) is 0 Å². The molecule has 30 heavy (non-hydrogen) atoms. The van der Waals surface area contributed by atoms with Crippen LogP contribution in [0.25, 0.3) is 17.0 Å². The Balaban J connectivity index is 1.95. The molecule has 0 amide bonds. The first-order valence-electron chi connectivity index (χ1n) is 10.2. The van der Waals surface area contributed by atoms with Gasteiger partial charge >= 0.3 is 0 Å². The smallest absolute Gasteiger partial charge is 0.205 e. The number of aromatic nitrogens is 1. The first-order valence-corrected chi connectivity index (χ1v) is 10.2. The van der Waals surface area contributed by atoms with Crippen LogP contribution in [-0.2, 0) is 0 Å². The van der Waals surface area contributed by atoms with Crippen molar-refractivity contribution < 1.29 is 14.3 Å². The Labute approximate surface area is 176 Å². The number of H-pyrrole nitrogens is 1. The van der Waals surface area contributed by atoms with Crippen LogP contribution in [0.3, 0.4) is 0 Å². The Bertz CT molecular complexity index is 1120. The molecule has 0 saturated carbocycles. The summed E-state index contributed by atoms with van der Waals surface area (Å²) in [5.41, 5.74) is 2.94. The number of fused-ring (bicyclic) bond motifs is 1. The van der Waals surface area contributed by atoms with Crippen molar-refractivity contribution in [2.75, 3.05) is 13.2 Å². The average molecular weight is 402 g/mol. The summed E-state index contributed by atoms with van der Waals surface area (Å²) in [6, 6.07) is 15.1. The topological polar surface area (TPSA) is 75.1 Å². The van der Waals surface area contributed by atoms with Crippen LogP contribution >= 0.6 is 0 Å². The second-order valence-electron chi connectivity index (χ2n) is 7.01. The van der Waals surface area contributed by atoms with Gasteiger partial charge in [-0.05, 0) is 50.1 Å². The Morgan fingerprint density at radius 2 is 1.93 bits per heavy atom. The number of carbonyl (C=O) groups excluding carboxylic acids is 1. The van der Waals surface area contributed by atoms with Crippen molar-refractivity contribution in [1.82, 2.24) is 4.98 Å². The van der Waals surface area contributed by atoms with Gasteiger partial charge in [-0.25, -0.2) is 0 Å². The summed E-state index contributed by atoms with van der Waals surface area (Å²) in [5, 5.41) is 10.5. The summed E-state index contributed by atoms with van der Waals surface area (Å²) in [6.45, 7) is 6.97. The van der Waals surface area contributed by atoms with E-state index in [1.165, 1.54) is 0 Å². The molecule has 1 aromatic heterocycles. The molecule has 154 valence electrons. The van der Waals surface area contributed by atoms with Crippen molar-refractivity contribution >= 4 is 22.8 Å². The number of ketones is 1. The molecule has 5 heteroatoms. The van der Waals surface area contributed by atoms with Crippen molar-refractivity contribution in [2.45, 2.75) is 33.6 Å². The van der Waals surface area contributed by atoms with Crippen LogP contribution in [0.15, 0.2) is 48.0 Å². The summed E-state index contributed by atoms with van der Waals surface area (Å²) in [6.07, 6.45) is 3.61. The van der Waals surface area contributed by atoms with Crippen LogP contribution in [-0.4, -0.2) is 24.0 Å². The SMILES string of the molecule is CCCCOc1ccc(/C=C(\C#N)C(=O)c2c(C)[nH]c3ccccc23)cc1OCC. The van der Waals surface area contributed by atoms with Gasteiger partial charge in [-0.2, -0.15) is 5.26 Å². The third-order valence-electron chi connectivity index (χ3n) is 4.82. The molecule has 2 aromatic carbocycles. The zero-order valence-corrected chi connectivity index (χ0v) is 17.6. The minimum absolute atomic E-state index is 0.0740. The molecular formula is C25H26N2O3. The first kappa shape index (κ1) is 21.2. The van der Waals surface area contributed by atoms with Gasteiger partial charge < -0.3 is 14.5 Å². The molecule has 0 atom stereocenters. The fourth-order valence-corrected chi connectivity index (χ4v) is 3.35. The van der Waals surface area contributed by atoms with E-state index >= 15 is 0 Å². The number of nitriles is 1. The van der Waals surface area contributed by atoms with Gasteiger partial charge in [0.15, 0.2) is 11.5 Å². The molecule has 5 nitrogen and oxygen atoms in total. The number of nitrogens with zero attached hydrogens (tertiary/aromatic N) is 1. The number of nitrogens with one attached hydrogen (secondary N) is 1. The van der Waals surface area contributed by atoms with E-state index in [1.54, 1.807) is 12.1 Å². The van der Waals surface area contributed by atoms with E-state index < -0.39 is 0 Å². The van der Waals surface area contributed by atoms with Crippen LogP contribution in [0.4, 0.5) is 0 Å². The highest BCUT2D eigenvalue weighted by molar-refractivity contribution is 6.20. The number of ether oxygens (including phenoxy) is 2. The molecule has 0 unspecified atom stereocenters. The van der Waals surface area contributed by atoms with Gasteiger partial charge in [0.1, 0.15) is 11.6 Å². The highest BCUT2D eigenvalue weighted by Crippen LogP contribution is 2.30. The number of aromatic amines is 1. The minimum Gasteiger partial charge on any atom is -0.490 e. The van der Waals surface area contributed by atoms with Crippen LogP contribution in [0, 0.1) is 18.3 Å². The second kappa shape index (κ2) is 9.80. The van der Waals surface area contributed by atoms with Gasteiger partial charge in [0.05, 0.1) is 18.8 Å². The zero-order valence-electron chi connectivity index (χ0n) is 17.6. The Hall–Kier alpha value is -3.52. The molecule has 1 heterocycles. The highest BCUT2D eigenvalue weighted by Gasteiger charge is 2.20. The van der Waals surface area contributed by atoms with Gasteiger partial charge in [0.25, 0.3) is 0 Å². The van der Waals surface area contributed by atoms with Crippen molar-refractivity contribution in [3.63, 3.8) is 0 Å². The summed E-state index contributed by atoms with van der Waals surface area (Å²) in [7, 11) is 0. The standard InChI is InChI=1S/C25H26N2O3/c1-4-6-13-30-22-12-11-18(15-23(22)29-5-2)14-19(16-26)25(28)24-17(3)27-21-10-8-7-9-20(21)24/h7-12,14-15,27H,4-6,13H2,1-3H3/b19-14+. The maximum atomic E-state index is 13.2. The van der Waals surface area contributed by atoms with Gasteiger partial charge in [-0.3, -0.25) is 4.79 Å². The van der Waals surface area contributed by atoms with E-state index in [4.69, 9.17) is 9.47 Å². The summed E-state index contributed by atoms with van der Waals surface area (Å²) in [4.78, 5) is 16.4. The lowest BCUT2D eigenvalue weighted by Crippen LogP contribution is -2.04. The van der Waals surface area contributed by atoms with Crippen LogP contribution in [0.5, 0.6) is 11.5 Å². The van der Waals surface area contributed by atoms with Crippen molar-refractivity contribution in [3.8, 4) is 17.6 Å². The number of hydrogen-bond acceptors (Lipinski definition) is 4. The number of hydrogen-bond donors (Lipinski definition) is 1. The maximum absolute atomic E-state index is 13.2. The molecule has 0 radical (unpaired) electrons. The largest absolute Gasteiger partial charge is 0.490 e. The van der Waals surface area contributed by atoms with Gasteiger partial charge in [0, 0.05) is 16.6 Å². The predicted octanol–water partition coefficient (Wildman–Crippen LogP) is 5.84. The minimum atomic E-state index is -0.298. The molecule has 1 N–H and O–H groups in total. The lowest BCUT2D eigenvalue weighted by Gasteiger charge is -2.12. The summed E-state index contributed by atoms with van der Waals surface area (Å²) >= 11 is 0. The summed E-state index contributed by atoms with van der Waals surface area (Å²) < 4.78 is 11.5. The van der Waals surface area contributed by atoms with E-state index in [0.29, 0.717) is 35.8 Å². The maximum Gasteiger partial charge on any atom is 0.205 e. The monoisotopic (exact) mass is 402 g/mol. The van der Waals surface area contributed by atoms with E-state index in [0.717, 1.165) is 29.4 Å². The highest BCUT2D eigenvalue weighted by atomic mass is 16.5. The van der Waals surface area contributed by atoms with E-state index in [9.17, 15) is 10.1 Å². The number of Topliss-reactive ketones (excluding diaryl/α,β-unsaturated/α-hetero) is 1. The molecule has 0 bridgehead atoms. The van der Waals surface area contributed by atoms with Crippen LogP contribution in [0.2, 0.25) is 0 Å². The number of aryl methyl sites for hydroxylation is 1. The zero-order chi connectivity index (χ0) is 21.5. The molecule has 0 fully saturated rings. The number of carbonyl (C=O) groups is 1. The third kappa shape index (κ3) is 4.55. The molecule has 0 aliphatic heterocycles. The number of rotatable bonds is 9. The van der Waals surface area contributed by atoms with Crippen LogP contribution < -0.4 is 9.47 Å². The fourth-order valence-electron chi connectivity index (χ4n) is 3.35. The fraction of sp³-hybridized carbons (Fsp3) is 0.280. The number of unbranched alkanes of at least 4 members (excludes halogenated alkanes) is 1. The predicted molar refractivity (Wildman–Crippen MR) is 119 cm³/mol. The molecule has 0 spiro atoms. The lowest BCUT2D eigenvalue weighted by atomic mass is 9.99. The van der Waals surface area contributed by atoms with E-state index in [2.05, 4.69) is 18.0 Å². The lowest BCUT2D eigenvalue weighted by molar-refractivity contribution is 0.104. The van der Waals surface area contributed by atoms with E-state index in [1.807, 2.05) is 50.2 Å². The molecular weight excluding hydrogens is 376 g/mol. The number of benzene rings is 2.